The predicted molar refractivity (Wildman–Crippen MR) is 122 cm³/mol. The number of carbonyl (C=O) groups is 1. The number of nitrogen functional groups attached to an aromatic ring is 1. The van der Waals surface area contributed by atoms with Crippen molar-refractivity contribution >= 4 is 40.1 Å². The van der Waals surface area contributed by atoms with Crippen LogP contribution in [-0.4, -0.2) is 43.0 Å². The first-order chi connectivity index (χ1) is 15.5. The molecule has 0 atom stereocenters. The number of anilines is 1. The number of rotatable bonds is 4. The predicted octanol–water partition coefficient (Wildman–Crippen LogP) is 3.13. The van der Waals surface area contributed by atoms with Crippen LogP contribution < -0.4 is 11.1 Å². The van der Waals surface area contributed by atoms with Crippen molar-refractivity contribution in [3.8, 4) is 11.5 Å². The van der Waals surface area contributed by atoms with Gasteiger partial charge in [0, 0.05) is 6.04 Å². The molecule has 9 heteroatoms. The molecule has 0 aliphatic heterocycles. The lowest BCUT2D eigenvalue weighted by atomic mass is 10.2. The molecule has 1 amide bonds. The summed E-state index contributed by atoms with van der Waals surface area (Å²) in [6, 6.07) is 11.8. The molecule has 2 heterocycles. The Hall–Kier alpha value is -4.14. The fourth-order valence-electron chi connectivity index (χ4n) is 4.06. The Bertz CT molecular complexity index is 1370. The molecule has 1 aliphatic carbocycles. The second-order valence-corrected chi connectivity index (χ2v) is 7.90. The Balaban J connectivity index is 1.64. The van der Waals surface area contributed by atoms with Gasteiger partial charge in [0.15, 0.2) is 17.1 Å². The SMILES string of the molecule is Nc1c(C(=O)NC2CCCC2)c2nc3ccccc3nc2n1/N=C\c1ccc(O)c(O)c1. The Morgan fingerprint density at radius 3 is 2.53 bits per heavy atom. The second-order valence-electron chi connectivity index (χ2n) is 7.90. The highest BCUT2D eigenvalue weighted by Gasteiger charge is 2.26. The first-order valence-electron chi connectivity index (χ1n) is 10.4. The van der Waals surface area contributed by atoms with Gasteiger partial charge >= 0.3 is 0 Å². The number of aromatic hydroxyl groups is 2. The summed E-state index contributed by atoms with van der Waals surface area (Å²) in [5, 5.41) is 26.7. The lowest BCUT2D eigenvalue weighted by Crippen LogP contribution is -2.33. The smallest absolute Gasteiger partial charge is 0.257 e. The van der Waals surface area contributed by atoms with Crippen molar-refractivity contribution in [2.24, 2.45) is 5.10 Å². The standard InChI is InChI=1S/C23H22N6O3/c24-21-19(23(32)26-14-5-1-2-6-14)20-22(28-16-8-4-3-7-15(16)27-20)29(21)25-12-13-9-10-17(30)18(31)11-13/h3-4,7-12,14,30-31H,1-2,5-6,24H2,(H,26,32)/b25-12-. The molecule has 1 fully saturated rings. The summed E-state index contributed by atoms with van der Waals surface area (Å²) >= 11 is 0. The van der Waals surface area contributed by atoms with Gasteiger partial charge in [-0.2, -0.15) is 9.78 Å². The van der Waals surface area contributed by atoms with E-state index < -0.39 is 0 Å². The number of amides is 1. The number of hydrogen-bond acceptors (Lipinski definition) is 7. The molecule has 2 aromatic carbocycles. The topological polar surface area (TPSA) is 139 Å². The van der Waals surface area contributed by atoms with Crippen molar-refractivity contribution in [2.45, 2.75) is 31.7 Å². The number of aromatic nitrogens is 3. The molecule has 2 aromatic heterocycles. The minimum absolute atomic E-state index is 0.122. The van der Waals surface area contributed by atoms with Crippen LogP contribution in [0.15, 0.2) is 47.6 Å². The highest BCUT2D eigenvalue weighted by Crippen LogP contribution is 2.29. The summed E-state index contributed by atoms with van der Waals surface area (Å²) in [4.78, 5) is 22.5. The molecule has 5 N–H and O–H groups in total. The molecule has 162 valence electrons. The van der Waals surface area contributed by atoms with Gasteiger partial charge in [0.2, 0.25) is 0 Å². The number of hydrogen-bond donors (Lipinski definition) is 4. The number of nitrogens with zero attached hydrogens (tertiary/aromatic N) is 4. The first kappa shape index (κ1) is 19.8. The van der Waals surface area contributed by atoms with Crippen LogP contribution in [0.25, 0.3) is 22.2 Å². The van der Waals surface area contributed by atoms with Crippen LogP contribution in [0.4, 0.5) is 5.82 Å². The van der Waals surface area contributed by atoms with Crippen LogP contribution in [0.2, 0.25) is 0 Å². The third-order valence-corrected chi connectivity index (χ3v) is 5.71. The van der Waals surface area contributed by atoms with Crippen LogP contribution in [0.5, 0.6) is 11.5 Å². The Kier molecular flexibility index (Phi) is 4.85. The Morgan fingerprint density at radius 2 is 1.81 bits per heavy atom. The number of phenols is 2. The molecule has 9 nitrogen and oxygen atoms in total. The summed E-state index contributed by atoms with van der Waals surface area (Å²) in [5.74, 6) is -0.650. The van der Waals surface area contributed by atoms with Gasteiger partial charge in [-0.3, -0.25) is 4.79 Å². The van der Waals surface area contributed by atoms with Gasteiger partial charge < -0.3 is 21.3 Å². The van der Waals surface area contributed by atoms with Crippen LogP contribution >= 0.6 is 0 Å². The van der Waals surface area contributed by atoms with Gasteiger partial charge in [-0.1, -0.05) is 25.0 Å². The maximum absolute atomic E-state index is 13.2. The maximum Gasteiger partial charge on any atom is 0.257 e. The number of nitrogens with one attached hydrogen (secondary N) is 1. The molecule has 1 saturated carbocycles. The van der Waals surface area contributed by atoms with Gasteiger partial charge in [0.1, 0.15) is 16.9 Å². The average Bonchev–Trinajstić information content (AvgIpc) is 3.38. The number of phenolic OH excluding ortho intramolecular Hbond substituents is 2. The van der Waals surface area contributed by atoms with Crippen molar-refractivity contribution in [3.63, 3.8) is 0 Å². The van der Waals surface area contributed by atoms with E-state index in [4.69, 9.17) is 5.73 Å². The fourth-order valence-corrected chi connectivity index (χ4v) is 4.06. The quantitative estimate of drug-likeness (QED) is 0.290. The molecule has 0 spiro atoms. The van der Waals surface area contributed by atoms with Crippen molar-refractivity contribution in [3.05, 3.63) is 53.6 Å². The van der Waals surface area contributed by atoms with Gasteiger partial charge in [0.25, 0.3) is 5.91 Å². The van der Waals surface area contributed by atoms with Crippen molar-refractivity contribution in [1.82, 2.24) is 20.0 Å². The highest BCUT2D eigenvalue weighted by atomic mass is 16.3. The molecule has 5 rings (SSSR count). The molecule has 0 saturated heterocycles. The summed E-state index contributed by atoms with van der Waals surface area (Å²) in [6.45, 7) is 0. The van der Waals surface area contributed by atoms with Crippen molar-refractivity contribution in [1.29, 1.82) is 0 Å². The number of fused-ring (bicyclic) bond motifs is 2. The molecule has 32 heavy (non-hydrogen) atoms. The van der Waals surface area contributed by atoms with Crippen molar-refractivity contribution in [2.75, 3.05) is 5.73 Å². The average molecular weight is 430 g/mol. The minimum atomic E-state index is -0.291. The van der Waals surface area contributed by atoms with Gasteiger partial charge in [0.05, 0.1) is 17.2 Å². The number of benzene rings is 2. The van der Waals surface area contributed by atoms with Gasteiger partial charge in [-0.05, 0) is 48.7 Å². The van der Waals surface area contributed by atoms with Crippen molar-refractivity contribution < 1.29 is 15.0 Å². The largest absolute Gasteiger partial charge is 0.504 e. The van der Waals surface area contributed by atoms with Crippen LogP contribution in [0.1, 0.15) is 41.6 Å². The number of carbonyl (C=O) groups excluding carboxylic acids is 1. The molecule has 0 unspecified atom stereocenters. The van der Waals surface area contributed by atoms with Crippen LogP contribution in [-0.2, 0) is 0 Å². The van der Waals surface area contributed by atoms with E-state index in [9.17, 15) is 15.0 Å². The molecule has 0 radical (unpaired) electrons. The van der Waals surface area contributed by atoms with E-state index in [-0.39, 0.29) is 34.8 Å². The Labute approximate surface area is 183 Å². The zero-order valence-corrected chi connectivity index (χ0v) is 17.2. The van der Waals surface area contributed by atoms with Crippen LogP contribution in [0, 0.1) is 0 Å². The van der Waals surface area contributed by atoms with E-state index in [0.717, 1.165) is 25.7 Å². The molecular weight excluding hydrogens is 408 g/mol. The number of nitrogens with two attached hydrogens (primary N) is 1. The van der Waals surface area contributed by atoms with E-state index in [0.29, 0.717) is 27.8 Å². The first-order valence-corrected chi connectivity index (χ1v) is 10.4. The highest BCUT2D eigenvalue weighted by molar-refractivity contribution is 6.10. The number of para-hydroxylation sites is 2. The van der Waals surface area contributed by atoms with E-state index in [1.54, 1.807) is 6.07 Å². The Morgan fingerprint density at radius 1 is 1.09 bits per heavy atom. The fraction of sp³-hybridized carbons (Fsp3) is 0.217. The van der Waals surface area contributed by atoms with Gasteiger partial charge in [-0.15, -0.1) is 0 Å². The molecule has 1 aliphatic rings. The third kappa shape index (κ3) is 3.47. The molecular formula is C23H22N6O3. The third-order valence-electron chi connectivity index (χ3n) is 5.71. The van der Waals surface area contributed by atoms with E-state index in [1.807, 2.05) is 24.3 Å². The lowest BCUT2D eigenvalue weighted by Gasteiger charge is -2.11. The summed E-state index contributed by atoms with van der Waals surface area (Å²) in [6.07, 6.45) is 5.54. The van der Waals surface area contributed by atoms with E-state index in [2.05, 4.69) is 20.4 Å². The van der Waals surface area contributed by atoms with E-state index >= 15 is 0 Å². The molecule has 4 aromatic rings. The maximum atomic E-state index is 13.2. The normalized spacial score (nSPS) is 14.6. The zero-order valence-electron chi connectivity index (χ0n) is 17.2. The minimum Gasteiger partial charge on any atom is -0.504 e. The lowest BCUT2D eigenvalue weighted by molar-refractivity contribution is 0.0940. The summed E-state index contributed by atoms with van der Waals surface area (Å²) < 4.78 is 1.38. The second kappa shape index (κ2) is 7.84. The zero-order chi connectivity index (χ0) is 22.2. The van der Waals surface area contributed by atoms with Gasteiger partial charge in [-0.25, -0.2) is 9.97 Å². The summed E-state index contributed by atoms with van der Waals surface area (Å²) in [5.41, 5.74) is 9.21. The monoisotopic (exact) mass is 430 g/mol. The summed E-state index contributed by atoms with van der Waals surface area (Å²) in [7, 11) is 0. The molecule has 0 bridgehead atoms. The van der Waals surface area contributed by atoms with E-state index in [1.165, 1.54) is 23.0 Å². The van der Waals surface area contributed by atoms with Crippen LogP contribution in [0.3, 0.4) is 0 Å².